The van der Waals surface area contributed by atoms with Gasteiger partial charge in [-0.2, -0.15) is 13.1 Å². The van der Waals surface area contributed by atoms with Crippen LogP contribution in [0, 0.1) is 0 Å². The molecule has 10 heteroatoms. The molecule has 0 heterocycles. The minimum absolute atomic E-state index is 0.00875. The highest BCUT2D eigenvalue weighted by molar-refractivity contribution is 7.84. The van der Waals surface area contributed by atoms with Gasteiger partial charge in [0.15, 0.2) is 0 Å². The average Bonchev–Trinajstić information content (AvgIpc) is 2.87. The minimum atomic E-state index is -3.95. The van der Waals surface area contributed by atoms with Gasteiger partial charge in [0.1, 0.15) is 6.61 Å². The average molecular weight is 511 g/mol. The molecule has 6 N–H and O–H groups in total. The number of rotatable bonds is 13. The number of nitrogens with two attached hydrogens (primary N) is 2. The highest BCUT2D eigenvalue weighted by Crippen LogP contribution is 2.33. The van der Waals surface area contributed by atoms with Crippen LogP contribution in [0.15, 0.2) is 85.5 Å². The molecule has 0 spiro atoms. The third-order valence-electron chi connectivity index (χ3n) is 5.25. The maximum atomic E-state index is 11.8. The maximum Gasteiger partial charge on any atom is 0.336 e. The number of ether oxygens (including phenoxy) is 1. The number of esters is 1. The number of nitrogen functional groups attached to an aromatic ring is 2. The summed E-state index contributed by atoms with van der Waals surface area (Å²) in [6, 6.07) is 23.5. The highest BCUT2D eigenvalue weighted by atomic mass is 32.2. The number of carbonyl (C=O) groups excluding carboxylic acids is 1. The fourth-order valence-electron chi connectivity index (χ4n) is 3.51. The van der Waals surface area contributed by atoms with Crippen LogP contribution in [0.2, 0.25) is 0 Å². The Hall–Kier alpha value is -3.86. The van der Waals surface area contributed by atoms with Crippen LogP contribution < -0.4 is 21.5 Å². The second-order valence-electron chi connectivity index (χ2n) is 7.86. The van der Waals surface area contributed by atoms with Crippen molar-refractivity contribution in [2.75, 3.05) is 43.1 Å². The van der Waals surface area contributed by atoms with Crippen LogP contribution in [0.3, 0.4) is 0 Å². The molecule has 0 amide bonds. The van der Waals surface area contributed by atoms with E-state index in [1.807, 2.05) is 72.8 Å². The van der Waals surface area contributed by atoms with Gasteiger partial charge in [0.25, 0.3) is 0 Å². The van der Waals surface area contributed by atoms with Crippen molar-refractivity contribution in [2.24, 2.45) is 0 Å². The Morgan fingerprint density at radius 2 is 1.33 bits per heavy atom. The summed E-state index contributed by atoms with van der Waals surface area (Å²) >= 11 is 0. The van der Waals surface area contributed by atoms with Crippen LogP contribution in [0.25, 0.3) is 0 Å². The Morgan fingerprint density at radius 3 is 1.83 bits per heavy atom. The quantitative estimate of drug-likeness (QED) is 0.0902. The van der Waals surface area contributed by atoms with E-state index in [1.54, 1.807) is 0 Å². The Bertz CT molecular complexity index is 1200. The van der Waals surface area contributed by atoms with Crippen LogP contribution in [0.5, 0.6) is 0 Å². The third-order valence-corrected chi connectivity index (χ3v) is 6.28. The van der Waals surface area contributed by atoms with Gasteiger partial charge in [-0.15, -0.1) is 0 Å². The van der Waals surface area contributed by atoms with Crippen molar-refractivity contribution in [1.29, 1.82) is 0 Å². The molecule has 0 radical (unpaired) electrons. The standard InChI is InChI=1S/C26H30N4O5S/c1-2-25(31)34-17-16-30-36(32,33)35-18-15-29-24-13-7-21(8-14-24)26(19-3-9-22(27)10-4-19)20-5-11-23(28)12-6-20/h2-14,26,29-30H,1,15-18,27-28H2. The maximum absolute atomic E-state index is 11.8. The van der Waals surface area contributed by atoms with Gasteiger partial charge in [-0.25, -0.2) is 4.79 Å². The Kier molecular flexibility index (Phi) is 9.46. The van der Waals surface area contributed by atoms with Gasteiger partial charge in [0.05, 0.1) is 6.61 Å². The summed E-state index contributed by atoms with van der Waals surface area (Å²) in [6.45, 7) is 3.23. The number of nitrogens with one attached hydrogen (secondary N) is 2. The monoisotopic (exact) mass is 510 g/mol. The van der Waals surface area contributed by atoms with E-state index < -0.39 is 16.3 Å². The predicted molar refractivity (Wildman–Crippen MR) is 142 cm³/mol. The predicted octanol–water partition coefficient (Wildman–Crippen LogP) is 3.02. The minimum Gasteiger partial charge on any atom is -0.461 e. The van der Waals surface area contributed by atoms with Crippen LogP contribution in [-0.4, -0.2) is 40.7 Å². The molecule has 36 heavy (non-hydrogen) atoms. The van der Waals surface area contributed by atoms with Crippen LogP contribution >= 0.6 is 0 Å². The van der Waals surface area contributed by atoms with Gasteiger partial charge in [-0.1, -0.05) is 43.0 Å². The second-order valence-corrected chi connectivity index (χ2v) is 9.29. The molecular formula is C26H30N4O5S. The lowest BCUT2D eigenvalue weighted by Gasteiger charge is -2.20. The summed E-state index contributed by atoms with van der Waals surface area (Å²) < 4.78 is 35.5. The summed E-state index contributed by atoms with van der Waals surface area (Å²) in [6.07, 6.45) is 0.999. The van der Waals surface area contributed by atoms with Crippen molar-refractivity contribution < 1.29 is 22.1 Å². The second kappa shape index (κ2) is 12.7. The first kappa shape index (κ1) is 26.7. The van der Waals surface area contributed by atoms with Gasteiger partial charge in [-0.3, -0.25) is 4.18 Å². The van der Waals surface area contributed by atoms with Crippen LogP contribution in [-0.2, 0) is 24.0 Å². The molecule has 3 rings (SSSR count). The highest BCUT2D eigenvalue weighted by Gasteiger charge is 2.17. The normalized spacial score (nSPS) is 11.2. The summed E-state index contributed by atoms with van der Waals surface area (Å²) in [5.41, 5.74) is 17.2. The number of anilines is 3. The first-order chi connectivity index (χ1) is 17.3. The van der Waals surface area contributed by atoms with E-state index in [9.17, 15) is 13.2 Å². The SMILES string of the molecule is C=CC(=O)OCCNS(=O)(=O)OCCNc1ccc(C(c2ccc(N)cc2)c2ccc(N)cc2)cc1. The zero-order valence-electron chi connectivity index (χ0n) is 19.7. The topological polar surface area (TPSA) is 146 Å². The zero-order valence-corrected chi connectivity index (χ0v) is 20.5. The summed E-state index contributed by atoms with van der Waals surface area (Å²) in [7, 11) is -3.95. The molecule has 0 aliphatic carbocycles. The van der Waals surface area contributed by atoms with Gasteiger partial charge < -0.3 is 21.5 Å². The van der Waals surface area contributed by atoms with E-state index in [2.05, 4.69) is 16.6 Å². The first-order valence-corrected chi connectivity index (χ1v) is 12.7. The molecule has 0 atom stereocenters. The molecule has 0 unspecified atom stereocenters. The van der Waals surface area contributed by atoms with E-state index in [-0.39, 0.29) is 32.2 Å². The van der Waals surface area contributed by atoms with Gasteiger partial charge >= 0.3 is 16.3 Å². The molecule has 3 aromatic rings. The summed E-state index contributed by atoms with van der Waals surface area (Å²) in [5.74, 6) is -0.635. The summed E-state index contributed by atoms with van der Waals surface area (Å²) in [4.78, 5) is 10.9. The fraction of sp³-hybridized carbons (Fsp3) is 0.192. The number of benzene rings is 3. The molecule has 0 saturated heterocycles. The Morgan fingerprint density at radius 1 is 0.833 bits per heavy atom. The number of hydrogen-bond donors (Lipinski definition) is 4. The zero-order chi connectivity index (χ0) is 26.0. The number of hydrogen-bond acceptors (Lipinski definition) is 8. The molecule has 0 aliphatic rings. The van der Waals surface area contributed by atoms with Crippen molar-refractivity contribution in [3.05, 3.63) is 102 Å². The lowest BCUT2D eigenvalue weighted by molar-refractivity contribution is -0.137. The first-order valence-electron chi connectivity index (χ1n) is 11.3. The van der Waals surface area contributed by atoms with Crippen molar-refractivity contribution in [2.45, 2.75) is 5.92 Å². The molecule has 9 nitrogen and oxygen atoms in total. The van der Waals surface area contributed by atoms with E-state index in [4.69, 9.17) is 20.4 Å². The van der Waals surface area contributed by atoms with Crippen molar-refractivity contribution in [3.8, 4) is 0 Å². The largest absolute Gasteiger partial charge is 0.461 e. The van der Waals surface area contributed by atoms with E-state index in [1.165, 1.54) is 0 Å². The molecule has 0 aliphatic heterocycles. The molecule has 0 saturated carbocycles. The van der Waals surface area contributed by atoms with Crippen LogP contribution in [0.1, 0.15) is 22.6 Å². The molecule has 0 bridgehead atoms. The molecule has 190 valence electrons. The summed E-state index contributed by atoms with van der Waals surface area (Å²) in [5, 5.41) is 3.14. The smallest absolute Gasteiger partial charge is 0.336 e. The van der Waals surface area contributed by atoms with Gasteiger partial charge in [-0.05, 0) is 53.1 Å². The van der Waals surface area contributed by atoms with Crippen LogP contribution in [0.4, 0.5) is 17.1 Å². The third kappa shape index (κ3) is 8.12. The molecule has 0 fully saturated rings. The fourth-order valence-corrected chi connectivity index (χ4v) is 4.23. The molecular weight excluding hydrogens is 480 g/mol. The Balaban J connectivity index is 1.57. The number of carbonyl (C=O) groups is 1. The van der Waals surface area contributed by atoms with Crippen molar-refractivity contribution in [3.63, 3.8) is 0 Å². The van der Waals surface area contributed by atoms with Crippen molar-refractivity contribution >= 4 is 33.3 Å². The lowest BCUT2D eigenvalue weighted by Crippen LogP contribution is -2.30. The van der Waals surface area contributed by atoms with E-state index in [0.29, 0.717) is 11.4 Å². The van der Waals surface area contributed by atoms with E-state index in [0.717, 1.165) is 28.5 Å². The van der Waals surface area contributed by atoms with Crippen molar-refractivity contribution in [1.82, 2.24) is 4.72 Å². The van der Waals surface area contributed by atoms with Gasteiger partial charge in [0, 0.05) is 42.1 Å². The van der Waals surface area contributed by atoms with E-state index >= 15 is 0 Å². The Labute approximate surface area is 211 Å². The van der Waals surface area contributed by atoms with Gasteiger partial charge in [0.2, 0.25) is 0 Å². The molecule has 0 aromatic heterocycles. The molecule has 3 aromatic carbocycles. The lowest BCUT2D eigenvalue weighted by atomic mass is 9.85.